The highest BCUT2D eigenvalue weighted by Gasteiger charge is 2.30. The van der Waals surface area contributed by atoms with Crippen LogP contribution in [0.2, 0.25) is 0 Å². The number of oxazole rings is 1. The molecular weight excluding hydrogens is 310 g/mol. The molecule has 1 atom stereocenters. The Morgan fingerprint density at radius 3 is 3.05 bits per heavy atom. The maximum atomic E-state index is 12.4. The van der Waals surface area contributed by atoms with Crippen LogP contribution in [-0.2, 0) is 16.6 Å². The molecule has 3 heterocycles. The lowest BCUT2D eigenvalue weighted by molar-refractivity contribution is 0.0665. The molecule has 2 aromatic rings. The molecular formula is C12H15N5O4S. The van der Waals surface area contributed by atoms with E-state index in [1.807, 2.05) is 0 Å². The number of fused-ring (bicyclic) bond motifs is 1. The summed E-state index contributed by atoms with van der Waals surface area (Å²) in [7, 11) is -3.31. The number of hydrogen-bond acceptors (Lipinski definition) is 6. The fourth-order valence-electron chi connectivity index (χ4n) is 2.42. The summed E-state index contributed by atoms with van der Waals surface area (Å²) in [4.78, 5) is 17.8. The van der Waals surface area contributed by atoms with Crippen molar-refractivity contribution in [3.05, 3.63) is 36.3 Å². The maximum absolute atomic E-state index is 12.4. The third kappa shape index (κ3) is 3.02. The molecule has 22 heavy (non-hydrogen) atoms. The van der Waals surface area contributed by atoms with Gasteiger partial charge in [-0.1, -0.05) is 0 Å². The van der Waals surface area contributed by atoms with Gasteiger partial charge in [0.05, 0.1) is 24.5 Å². The molecule has 9 nitrogen and oxygen atoms in total. The average Bonchev–Trinajstić information content (AvgIpc) is 3.13. The van der Waals surface area contributed by atoms with Gasteiger partial charge in [0.1, 0.15) is 6.26 Å². The van der Waals surface area contributed by atoms with Crippen LogP contribution in [0, 0.1) is 0 Å². The Labute approximate surface area is 127 Å². The first-order valence-electron chi connectivity index (χ1n) is 6.58. The first kappa shape index (κ1) is 14.7. The van der Waals surface area contributed by atoms with Crippen molar-refractivity contribution in [2.45, 2.75) is 12.6 Å². The van der Waals surface area contributed by atoms with Gasteiger partial charge in [0.2, 0.25) is 10.0 Å². The minimum atomic E-state index is -3.31. The SMILES string of the molecule is CS(=O)(=O)NC[C@H]1CN(C(=O)c2cocn2)Cc2ccnn21. The molecule has 0 saturated carbocycles. The summed E-state index contributed by atoms with van der Waals surface area (Å²) in [6.45, 7) is 0.889. The molecule has 0 radical (unpaired) electrons. The minimum absolute atomic E-state index is 0.163. The highest BCUT2D eigenvalue weighted by Crippen LogP contribution is 2.21. The Morgan fingerprint density at radius 2 is 2.36 bits per heavy atom. The molecule has 1 N–H and O–H groups in total. The first-order valence-corrected chi connectivity index (χ1v) is 8.47. The van der Waals surface area contributed by atoms with E-state index in [0.29, 0.717) is 13.1 Å². The van der Waals surface area contributed by atoms with Gasteiger partial charge in [-0.15, -0.1) is 0 Å². The summed E-state index contributed by atoms with van der Waals surface area (Å²) >= 11 is 0. The smallest absolute Gasteiger partial charge is 0.276 e. The van der Waals surface area contributed by atoms with E-state index in [0.717, 1.165) is 11.9 Å². The van der Waals surface area contributed by atoms with E-state index < -0.39 is 10.0 Å². The number of nitrogens with one attached hydrogen (secondary N) is 1. The molecule has 3 rings (SSSR count). The van der Waals surface area contributed by atoms with Crippen molar-refractivity contribution in [1.82, 2.24) is 24.4 Å². The van der Waals surface area contributed by atoms with Crippen LogP contribution in [0.1, 0.15) is 22.2 Å². The number of nitrogens with zero attached hydrogens (tertiary/aromatic N) is 4. The van der Waals surface area contributed by atoms with Gasteiger partial charge < -0.3 is 9.32 Å². The van der Waals surface area contributed by atoms with Gasteiger partial charge in [-0.25, -0.2) is 18.1 Å². The molecule has 1 amide bonds. The monoisotopic (exact) mass is 325 g/mol. The Balaban J connectivity index is 1.81. The average molecular weight is 325 g/mol. The number of carbonyl (C=O) groups excluding carboxylic acids is 1. The van der Waals surface area contributed by atoms with Crippen LogP contribution in [-0.4, -0.2) is 53.3 Å². The minimum Gasteiger partial charge on any atom is -0.451 e. The quantitative estimate of drug-likeness (QED) is 0.820. The zero-order chi connectivity index (χ0) is 15.7. The molecule has 1 aliphatic heterocycles. The van der Waals surface area contributed by atoms with E-state index in [4.69, 9.17) is 4.42 Å². The molecule has 0 unspecified atom stereocenters. The first-order chi connectivity index (χ1) is 10.4. The number of carbonyl (C=O) groups is 1. The molecule has 0 bridgehead atoms. The summed E-state index contributed by atoms with van der Waals surface area (Å²) < 4.78 is 31.6. The van der Waals surface area contributed by atoms with Crippen LogP contribution >= 0.6 is 0 Å². The Morgan fingerprint density at radius 1 is 1.55 bits per heavy atom. The van der Waals surface area contributed by atoms with E-state index in [9.17, 15) is 13.2 Å². The summed E-state index contributed by atoms with van der Waals surface area (Å²) in [5, 5.41) is 4.21. The van der Waals surface area contributed by atoms with Gasteiger partial charge in [0, 0.05) is 19.3 Å². The molecule has 118 valence electrons. The molecule has 2 aromatic heterocycles. The van der Waals surface area contributed by atoms with Crippen LogP contribution in [0.25, 0.3) is 0 Å². The van der Waals surface area contributed by atoms with Gasteiger partial charge in [0.15, 0.2) is 12.1 Å². The molecule has 0 fully saturated rings. The maximum Gasteiger partial charge on any atom is 0.276 e. The fourth-order valence-corrected chi connectivity index (χ4v) is 2.92. The van der Waals surface area contributed by atoms with Gasteiger partial charge in [0.25, 0.3) is 5.91 Å². The Bertz CT molecular complexity index is 767. The van der Waals surface area contributed by atoms with Crippen molar-refractivity contribution in [2.75, 3.05) is 19.3 Å². The largest absolute Gasteiger partial charge is 0.451 e. The lowest BCUT2D eigenvalue weighted by Crippen LogP contribution is -2.45. The lowest BCUT2D eigenvalue weighted by Gasteiger charge is -2.33. The van der Waals surface area contributed by atoms with Crippen LogP contribution in [0.15, 0.2) is 29.3 Å². The topological polar surface area (TPSA) is 110 Å². The molecule has 1 aliphatic rings. The van der Waals surface area contributed by atoms with Crippen molar-refractivity contribution in [2.24, 2.45) is 0 Å². The molecule has 0 aliphatic carbocycles. The van der Waals surface area contributed by atoms with Crippen LogP contribution in [0.4, 0.5) is 0 Å². The zero-order valence-electron chi connectivity index (χ0n) is 11.8. The van der Waals surface area contributed by atoms with Crippen molar-refractivity contribution in [1.29, 1.82) is 0 Å². The second-order valence-corrected chi connectivity index (χ2v) is 6.93. The van der Waals surface area contributed by atoms with Crippen molar-refractivity contribution >= 4 is 15.9 Å². The zero-order valence-corrected chi connectivity index (χ0v) is 12.7. The number of sulfonamides is 1. The van der Waals surface area contributed by atoms with E-state index in [2.05, 4.69) is 14.8 Å². The third-order valence-corrected chi connectivity index (χ3v) is 4.09. The van der Waals surface area contributed by atoms with Crippen molar-refractivity contribution < 1.29 is 17.6 Å². The van der Waals surface area contributed by atoms with Crippen LogP contribution in [0.3, 0.4) is 0 Å². The van der Waals surface area contributed by atoms with Crippen LogP contribution < -0.4 is 4.72 Å². The normalized spacial score (nSPS) is 18.2. The second-order valence-electron chi connectivity index (χ2n) is 5.10. The van der Waals surface area contributed by atoms with E-state index in [-0.39, 0.29) is 24.2 Å². The van der Waals surface area contributed by atoms with E-state index >= 15 is 0 Å². The summed E-state index contributed by atoms with van der Waals surface area (Å²) in [6, 6.07) is 1.53. The van der Waals surface area contributed by atoms with Gasteiger partial charge in [-0.05, 0) is 6.07 Å². The predicted octanol–water partition coefficient (Wildman–Crippen LogP) is -0.383. The number of amides is 1. The molecule has 10 heteroatoms. The highest BCUT2D eigenvalue weighted by molar-refractivity contribution is 7.88. The van der Waals surface area contributed by atoms with Gasteiger partial charge in [-0.2, -0.15) is 5.10 Å². The second kappa shape index (κ2) is 5.54. The molecule has 0 spiro atoms. The molecule has 0 aromatic carbocycles. The summed E-state index contributed by atoms with van der Waals surface area (Å²) in [6.07, 6.45) is 5.22. The third-order valence-electron chi connectivity index (χ3n) is 3.40. The van der Waals surface area contributed by atoms with Crippen molar-refractivity contribution in [3.8, 4) is 0 Å². The number of hydrogen-bond donors (Lipinski definition) is 1. The van der Waals surface area contributed by atoms with Crippen molar-refractivity contribution in [3.63, 3.8) is 0 Å². The van der Waals surface area contributed by atoms with Crippen LogP contribution in [0.5, 0.6) is 0 Å². The van der Waals surface area contributed by atoms with E-state index in [1.54, 1.807) is 21.8 Å². The highest BCUT2D eigenvalue weighted by atomic mass is 32.2. The fraction of sp³-hybridized carbons (Fsp3) is 0.417. The number of aromatic nitrogens is 3. The number of rotatable bonds is 4. The van der Waals surface area contributed by atoms with Gasteiger partial charge in [-0.3, -0.25) is 9.48 Å². The predicted molar refractivity (Wildman–Crippen MR) is 75.4 cm³/mol. The van der Waals surface area contributed by atoms with Gasteiger partial charge >= 0.3 is 0 Å². The van der Waals surface area contributed by atoms with E-state index in [1.165, 1.54) is 12.7 Å². The molecule has 0 saturated heterocycles. The Kier molecular flexibility index (Phi) is 3.71. The summed E-state index contributed by atoms with van der Waals surface area (Å²) in [5.74, 6) is -0.259. The Hall–Kier alpha value is -2.20. The standard InChI is InChI=1S/C12H15N5O4S/c1-22(19,20)15-4-10-6-16(5-9-2-3-14-17(9)10)12(18)11-7-21-8-13-11/h2-3,7-8,10,15H,4-6H2,1H3/t10-/m0/s1. The lowest BCUT2D eigenvalue weighted by atomic mass is 10.2. The summed E-state index contributed by atoms with van der Waals surface area (Å²) in [5.41, 5.74) is 1.06.